The standard InChI is InChI=1S/C15H25NO2/c1-14(2,15(3,4)18)16-13(17)12-10-8-5-6-9(7-8)11(10)12/h8-12,18H,5-7H2,1-4H3,(H,16,17). The van der Waals surface area contributed by atoms with Gasteiger partial charge in [-0.05, 0) is 70.6 Å². The van der Waals surface area contributed by atoms with Gasteiger partial charge < -0.3 is 10.4 Å². The van der Waals surface area contributed by atoms with Crippen LogP contribution >= 0.6 is 0 Å². The SMILES string of the molecule is CC(C)(O)C(C)(C)NC(=O)C1C2C3CCC(C3)C12. The summed E-state index contributed by atoms with van der Waals surface area (Å²) in [6.45, 7) is 7.31. The van der Waals surface area contributed by atoms with Gasteiger partial charge in [0.15, 0.2) is 0 Å². The minimum atomic E-state index is -0.897. The number of hydrogen-bond donors (Lipinski definition) is 2. The fourth-order valence-electron chi connectivity index (χ4n) is 4.22. The quantitative estimate of drug-likeness (QED) is 0.805. The first kappa shape index (κ1) is 12.5. The second-order valence-electron chi connectivity index (χ2n) is 7.69. The molecular formula is C15H25NO2. The van der Waals surface area contributed by atoms with Crippen LogP contribution in [0.2, 0.25) is 0 Å². The summed E-state index contributed by atoms with van der Waals surface area (Å²) in [7, 11) is 0. The number of amides is 1. The molecule has 0 aromatic heterocycles. The lowest BCUT2D eigenvalue weighted by Gasteiger charge is -2.38. The molecule has 0 heterocycles. The molecule has 0 saturated heterocycles. The highest BCUT2D eigenvalue weighted by Crippen LogP contribution is 2.69. The molecule has 3 heteroatoms. The van der Waals surface area contributed by atoms with E-state index < -0.39 is 11.1 Å². The van der Waals surface area contributed by atoms with Crippen LogP contribution in [-0.2, 0) is 4.79 Å². The summed E-state index contributed by atoms with van der Waals surface area (Å²) in [6, 6.07) is 0. The average Bonchev–Trinajstić information content (AvgIpc) is 2.67. The van der Waals surface area contributed by atoms with Crippen LogP contribution in [0.15, 0.2) is 0 Å². The second-order valence-corrected chi connectivity index (χ2v) is 7.69. The maximum absolute atomic E-state index is 12.4. The summed E-state index contributed by atoms with van der Waals surface area (Å²) in [5.41, 5.74) is -1.47. The molecule has 4 unspecified atom stereocenters. The Morgan fingerprint density at radius 3 is 2.06 bits per heavy atom. The molecule has 18 heavy (non-hydrogen) atoms. The minimum Gasteiger partial charge on any atom is -0.388 e. The van der Waals surface area contributed by atoms with Crippen molar-refractivity contribution in [3.8, 4) is 0 Å². The van der Waals surface area contributed by atoms with Gasteiger partial charge in [-0.2, -0.15) is 0 Å². The maximum Gasteiger partial charge on any atom is 0.224 e. The Bertz CT molecular complexity index is 366. The Hall–Kier alpha value is -0.570. The fourth-order valence-corrected chi connectivity index (χ4v) is 4.22. The van der Waals surface area contributed by atoms with E-state index in [2.05, 4.69) is 5.32 Å². The van der Waals surface area contributed by atoms with Crippen LogP contribution in [0.25, 0.3) is 0 Å². The van der Waals surface area contributed by atoms with Crippen LogP contribution in [0.5, 0.6) is 0 Å². The van der Waals surface area contributed by atoms with Crippen LogP contribution in [0, 0.1) is 29.6 Å². The third-order valence-electron chi connectivity index (χ3n) is 6.00. The van der Waals surface area contributed by atoms with Crippen molar-refractivity contribution in [1.29, 1.82) is 0 Å². The van der Waals surface area contributed by atoms with E-state index >= 15 is 0 Å². The third-order valence-corrected chi connectivity index (χ3v) is 6.00. The highest BCUT2D eigenvalue weighted by Gasteiger charge is 2.67. The molecule has 4 atom stereocenters. The van der Waals surface area contributed by atoms with Gasteiger partial charge in [0.05, 0.1) is 11.1 Å². The smallest absolute Gasteiger partial charge is 0.224 e. The van der Waals surface area contributed by atoms with Crippen molar-refractivity contribution in [1.82, 2.24) is 5.32 Å². The van der Waals surface area contributed by atoms with E-state index in [1.165, 1.54) is 19.3 Å². The first-order valence-corrected chi connectivity index (χ1v) is 7.27. The summed E-state index contributed by atoms with van der Waals surface area (Å²) in [5.74, 6) is 3.40. The van der Waals surface area contributed by atoms with E-state index in [1.54, 1.807) is 13.8 Å². The van der Waals surface area contributed by atoms with Crippen molar-refractivity contribution in [2.75, 3.05) is 0 Å². The predicted molar refractivity (Wildman–Crippen MR) is 69.8 cm³/mol. The summed E-state index contributed by atoms with van der Waals surface area (Å²) >= 11 is 0. The van der Waals surface area contributed by atoms with Crippen LogP contribution in [0.4, 0.5) is 0 Å². The van der Waals surface area contributed by atoms with Gasteiger partial charge in [0.25, 0.3) is 0 Å². The topological polar surface area (TPSA) is 49.3 Å². The van der Waals surface area contributed by atoms with Gasteiger partial charge in [-0.3, -0.25) is 4.79 Å². The molecule has 102 valence electrons. The molecule has 1 amide bonds. The third kappa shape index (κ3) is 1.63. The van der Waals surface area contributed by atoms with Crippen LogP contribution in [-0.4, -0.2) is 22.2 Å². The zero-order chi connectivity index (χ0) is 13.3. The predicted octanol–water partition coefficient (Wildman–Crippen LogP) is 1.94. The van der Waals surface area contributed by atoms with E-state index in [0.717, 1.165) is 11.8 Å². The van der Waals surface area contributed by atoms with E-state index in [0.29, 0.717) is 11.8 Å². The van der Waals surface area contributed by atoms with Gasteiger partial charge in [0.2, 0.25) is 5.91 Å². The van der Waals surface area contributed by atoms with Crippen molar-refractivity contribution in [2.24, 2.45) is 29.6 Å². The Kier molecular flexibility index (Phi) is 2.42. The molecular weight excluding hydrogens is 226 g/mol. The molecule has 3 aliphatic rings. The largest absolute Gasteiger partial charge is 0.388 e. The number of aliphatic hydroxyl groups is 1. The van der Waals surface area contributed by atoms with Gasteiger partial charge in [0.1, 0.15) is 0 Å². The number of nitrogens with one attached hydrogen (secondary N) is 1. The lowest BCUT2D eigenvalue weighted by atomic mass is 9.85. The number of hydrogen-bond acceptors (Lipinski definition) is 2. The molecule has 3 aliphatic carbocycles. The highest BCUT2D eigenvalue weighted by atomic mass is 16.3. The molecule has 0 aliphatic heterocycles. The molecule has 3 fully saturated rings. The zero-order valence-corrected chi connectivity index (χ0v) is 11.9. The Labute approximate surface area is 109 Å². The van der Waals surface area contributed by atoms with Crippen molar-refractivity contribution >= 4 is 5.91 Å². The summed E-state index contributed by atoms with van der Waals surface area (Å²) in [5, 5.41) is 13.2. The fraction of sp³-hybridized carbons (Fsp3) is 0.933. The second kappa shape index (κ2) is 3.50. The molecule has 3 rings (SSSR count). The molecule has 3 saturated carbocycles. The van der Waals surface area contributed by atoms with Crippen molar-refractivity contribution < 1.29 is 9.90 Å². The lowest BCUT2D eigenvalue weighted by molar-refractivity contribution is -0.128. The van der Waals surface area contributed by atoms with Crippen molar-refractivity contribution in [2.45, 2.75) is 58.1 Å². The monoisotopic (exact) mass is 251 g/mol. The van der Waals surface area contributed by atoms with Gasteiger partial charge >= 0.3 is 0 Å². The molecule has 0 aromatic rings. The van der Waals surface area contributed by atoms with E-state index in [-0.39, 0.29) is 11.8 Å². The van der Waals surface area contributed by atoms with Crippen molar-refractivity contribution in [3.05, 3.63) is 0 Å². The molecule has 0 aromatic carbocycles. The molecule has 3 nitrogen and oxygen atoms in total. The minimum absolute atomic E-state index is 0.175. The summed E-state index contributed by atoms with van der Waals surface area (Å²) in [6.07, 6.45) is 4.04. The summed E-state index contributed by atoms with van der Waals surface area (Å²) in [4.78, 5) is 12.4. The van der Waals surface area contributed by atoms with Gasteiger partial charge in [0, 0.05) is 5.92 Å². The van der Waals surface area contributed by atoms with Gasteiger partial charge in [-0.1, -0.05) is 0 Å². The molecule has 0 spiro atoms. The van der Waals surface area contributed by atoms with Gasteiger partial charge in [-0.15, -0.1) is 0 Å². The van der Waals surface area contributed by atoms with E-state index in [9.17, 15) is 9.90 Å². The van der Waals surface area contributed by atoms with Crippen LogP contribution in [0.3, 0.4) is 0 Å². The van der Waals surface area contributed by atoms with Crippen molar-refractivity contribution in [3.63, 3.8) is 0 Å². The first-order valence-electron chi connectivity index (χ1n) is 7.27. The average molecular weight is 251 g/mol. The first-order chi connectivity index (χ1) is 8.22. The Morgan fingerprint density at radius 2 is 1.61 bits per heavy atom. The van der Waals surface area contributed by atoms with Gasteiger partial charge in [-0.25, -0.2) is 0 Å². The number of carbonyl (C=O) groups is 1. The Balaban J connectivity index is 1.65. The lowest BCUT2D eigenvalue weighted by Crippen LogP contribution is -2.58. The van der Waals surface area contributed by atoms with E-state index in [1.807, 2.05) is 13.8 Å². The highest BCUT2D eigenvalue weighted by molar-refractivity contribution is 5.83. The molecule has 2 N–H and O–H groups in total. The normalized spacial score (nSPS) is 41.7. The zero-order valence-electron chi connectivity index (χ0n) is 11.9. The summed E-state index contributed by atoms with van der Waals surface area (Å²) < 4.78 is 0. The molecule has 2 bridgehead atoms. The maximum atomic E-state index is 12.4. The van der Waals surface area contributed by atoms with Crippen LogP contribution < -0.4 is 5.32 Å². The van der Waals surface area contributed by atoms with Crippen LogP contribution in [0.1, 0.15) is 47.0 Å². The Morgan fingerprint density at radius 1 is 1.11 bits per heavy atom. The number of carbonyl (C=O) groups excluding carboxylic acids is 1. The molecule has 0 radical (unpaired) electrons. The van der Waals surface area contributed by atoms with E-state index in [4.69, 9.17) is 0 Å². The number of rotatable bonds is 3. The number of fused-ring (bicyclic) bond motifs is 5.